The van der Waals surface area contributed by atoms with Crippen molar-refractivity contribution < 1.29 is 29.2 Å². The lowest BCUT2D eigenvalue weighted by Crippen LogP contribution is -2.35. The van der Waals surface area contributed by atoms with Crippen LogP contribution < -0.4 is 24.3 Å². The number of nitrogens with zero attached hydrogens (tertiary/aromatic N) is 2. The Morgan fingerprint density at radius 2 is 1.23 bits per heavy atom. The largest absolute Gasteiger partial charge is 0.481 e. The van der Waals surface area contributed by atoms with E-state index < -0.39 is 0 Å². The molecule has 2 fully saturated rings. The molecule has 2 aromatic heterocycles. The van der Waals surface area contributed by atoms with Gasteiger partial charge >= 0.3 is 0 Å². The number of aryl methyl sites for hydroxylation is 1. The number of ether oxygens (including phenoxy) is 4. The van der Waals surface area contributed by atoms with Crippen molar-refractivity contribution >= 4 is 23.2 Å². The van der Waals surface area contributed by atoms with E-state index in [0.717, 1.165) is 95.9 Å². The number of hydrogen-bond acceptors (Lipinski definition) is 9. The van der Waals surface area contributed by atoms with Crippen molar-refractivity contribution in [2.75, 3.05) is 14.2 Å². The molecule has 2 aliphatic rings. The molecule has 4 atom stereocenters. The fourth-order valence-electron chi connectivity index (χ4n) is 7.52. The van der Waals surface area contributed by atoms with Crippen LogP contribution in [0.3, 0.4) is 0 Å². The van der Waals surface area contributed by atoms with Crippen LogP contribution in [-0.4, -0.2) is 52.7 Å². The van der Waals surface area contributed by atoms with Gasteiger partial charge in [-0.2, -0.15) is 9.97 Å². The lowest BCUT2D eigenvalue weighted by molar-refractivity contribution is 0.128. The SMILES string of the molecule is COc1nc(OCc2cccc(-c3cccc(COc4nc(OC)c(CN[C@@H]5CCC[C@@H]5O)cc4Cl)c3C)c2C)c(Cl)cc1CC[C@@H]1CCC[C@@H]1O. The van der Waals surface area contributed by atoms with E-state index in [9.17, 15) is 10.2 Å². The highest BCUT2D eigenvalue weighted by atomic mass is 35.5. The zero-order valence-electron chi connectivity index (χ0n) is 30.4. The first-order valence-electron chi connectivity index (χ1n) is 18.2. The second-order valence-electron chi connectivity index (χ2n) is 13.9. The van der Waals surface area contributed by atoms with Gasteiger partial charge in [-0.25, -0.2) is 0 Å². The Hall–Kier alpha value is -3.60. The Balaban J connectivity index is 1.12. The molecular weight excluding hydrogens is 701 g/mol. The average Bonchev–Trinajstić information content (AvgIpc) is 3.76. The van der Waals surface area contributed by atoms with Crippen molar-refractivity contribution in [2.45, 2.75) is 103 Å². The van der Waals surface area contributed by atoms with Gasteiger partial charge in [-0.15, -0.1) is 0 Å². The first kappa shape index (κ1) is 38.1. The predicted octanol–water partition coefficient (Wildman–Crippen LogP) is 8.34. The predicted molar refractivity (Wildman–Crippen MR) is 204 cm³/mol. The van der Waals surface area contributed by atoms with Crippen LogP contribution in [0.15, 0.2) is 48.5 Å². The van der Waals surface area contributed by atoms with Crippen LogP contribution in [0, 0.1) is 19.8 Å². The molecule has 52 heavy (non-hydrogen) atoms. The van der Waals surface area contributed by atoms with Gasteiger partial charge in [0.1, 0.15) is 23.3 Å². The number of hydrogen-bond donors (Lipinski definition) is 3. The molecule has 2 aromatic carbocycles. The summed E-state index contributed by atoms with van der Waals surface area (Å²) in [5.74, 6) is 1.85. The fraction of sp³-hybridized carbons (Fsp3) is 0.463. The minimum absolute atomic E-state index is 0.0526. The summed E-state index contributed by atoms with van der Waals surface area (Å²) in [6.07, 6.45) is 6.78. The minimum atomic E-state index is -0.339. The second-order valence-corrected chi connectivity index (χ2v) is 14.7. The van der Waals surface area contributed by atoms with Crippen molar-refractivity contribution in [1.82, 2.24) is 15.3 Å². The monoisotopic (exact) mass is 749 g/mol. The molecule has 6 rings (SSSR count). The number of methoxy groups -OCH3 is 2. The molecule has 278 valence electrons. The van der Waals surface area contributed by atoms with Crippen molar-refractivity contribution in [3.63, 3.8) is 0 Å². The number of aromatic nitrogens is 2. The maximum absolute atomic E-state index is 10.2. The van der Waals surface area contributed by atoms with Gasteiger partial charge in [0.2, 0.25) is 23.5 Å². The van der Waals surface area contributed by atoms with Gasteiger partial charge in [-0.1, -0.05) is 66.0 Å². The smallest absolute Gasteiger partial charge is 0.236 e. The van der Waals surface area contributed by atoms with E-state index in [4.69, 9.17) is 42.1 Å². The molecule has 2 heterocycles. The third-order valence-electron chi connectivity index (χ3n) is 10.7. The van der Waals surface area contributed by atoms with Crippen LogP contribution in [0.25, 0.3) is 11.1 Å². The fourth-order valence-corrected chi connectivity index (χ4v) is 7.98. The summed E-state index contributed by atoms with van der Waals surface area (Å²) in [6.45, 7) is 5.21. The minimum Gasteiger partial charge on any atom is -0.481 e. The highest BCUT2D eigenvalue weighted by Crippen LogP contribution is 2.36. The Kier molecular flexibility index (Phi) is 12.8. The highest BCUT2D eigenvalue weighted by molar-refractivity contribution is 6.32. The van der Waals surface area contributed by atoms with Crippen LogP contribution in [0.5, 0.6) is 23.5 Å². The number of rotatable bonds is 15. The molecule has 3 N–H and O–H groups in total. The maximum Gasteiger partial charge on any atom is 0.236 e. The first-order valence-corrected chi connectivity index (χ1v) is 18.9. The van der Waals surface area contributed by atoms with Gasteiger partial charge < -0.3 is 34.5 Å². The lowest BCUT2D eigenvalue weighted by Gasteiger charge is -2.19. The second kappa shape index (κ2) is 17.5. The number of halogens is 2. The molecule has 0 spiro atoms. The van der Waals surface area contributed by atoms with Gasteiger partial charge in [-0.05, 0) is 110 Å². The van der Waals surface area contributed by atoms with E-state index in [-0.39, 0.29) is 31.5 Å². The normalized spacial score (nSPS) is 19.9. The third-order valence-corrected chi connectivity index (χ3v) is 11.2. The molecule has 2 aliphatic carbocycles. The Bertz CT molecular complexity index is 1720. The Morgan fingerprint density at radius 1 is 0.692 bits per heavy atom. The van der Waals surface area contributed by atoms with E-state index in [0.29, 0.717) is 46.0 Å². The summed E-state index contributed by atoms with van der Waals surface area (Å²) in [5, 5.41) is 24.7. The number of pyridine rings is 2. The first-order chi connectivity index (χ1) is 25.2. The van der Waals surface area contributed by atoms with E-state index in [1.165, 1.54) is 0 Å². The zero-order valence-corrected chi connectivity index (χ0v) is 31.9. The third kappa shape index (κ3) is 8.77. The van der Waals surface area contributed by atoms with Gasteiger partial charge in [0.15, 0.2) is 0 Å². The Labute approximate surface area is 316 Å². The van der Waals surface area contributed by atoms with Crippen molar-refractivity contribution in [3.8, 4) is 34.6 Å². The van der Waals surface area contributed by atoms with Gasteiger partial charge in [-0.3, -0.25) is 0 Å². The highest BCUT2D eigenvalue weighted by Gasteiger charge is 2.27. The summed E-state index contributed by atoms with van der Waals surface area (Å²) >= 11 is 13.3. The molecule has 0 bridgehead atoms. The molecule has 0 saturated heterocycles. The number of aliphatic hydroxyl groups excluding tert-OH is 2. The van der Waals surface area contributed by atoms with Gasteiger partial charge in [0, 0.05) is 23.7 Å². The lowest BCUT2D eigenvalue weighted by atomic mass is 9.92. The molecule has 0 radical (unpaired) electrons. The maximum atomic E-state index is 10.2. The van der Waals surface area contributed by atoms with Crippen molar-refractivity contribution in [2.24, 2.45) is 5.92 Å². The molecule has 0 unspecified atom stereocenters. The van der Waals surface area contributed by atoms with Gasteiger partial charge in [0.25, 0.3) is 0 Å². The van der Waals surface area contributed by atoms with Crippen molar-refractivity contribution in [1.29, 1.82) is 0 Å². The molecule has 4 aromatic rings. The van der Waals surface area contributed by atoms with Crippen molar-refractivity contribution in [3.05, 3.63) is 92.0 Å². The summed E-state index contributed by atoms with van der Waals surface area (Å²) in [5.41, 5.74) is 8.07. The summed E-state index contributed by atoms with van der Waals surface area (Å²) in [6, 6.07) is 16.1. The van der Waals surface area contributed by atoms with Crippen LogP contribution in [-0.2, 0) is 26.2 Å². The molecule has 0 aliphatic heterocycles. The number of nitrogens with one attached hydrogen (secondary N) is 1. The zero-order chi connectivity index (χ0) is 36.8. The van der Waals surface area contributed by atoms with Crippen LogP contribution in [0.1, 0.15) is 78.3 Å². The summed E-state index contributed by atoms with van der Waals surface area (Å²) in [7, 11) is 3.18. The average molecular weight is 751 g/mol. The number of aliphatic hydroxyl groups is 2. The molecule has 2 saturated carbocycles. The Morgan fingerprint density at radius 3 is 1.75 bits per heavy atom. The molecule has 11 heteroatoms. The van der Waals surface area contributed by atoms with Crippen LogP contribution >= 0.6 is 23.2 Å². The molecule has 0 amide bonds. The molecular formula is C41H49Cl2N3O6. The topological polar surface area (TPSA) is 115 Å². The summed E-state index contributed by atoms with van der Waals surface area (Å²) < 4.78 is 23.5. The number of benzene rings is 2. The van der Waals surface area contributed by atoms with E-state index in [1.807, 2.05) is 36.4 Å². The quantitative estimate of drug-likeness (QED) is 0.110. The van der Waals surface area contributed by atoms with Gasteiger partial charge in [0.05, 0.1) is 26.4 Å². The van der Waals surface area contributed by atoms with E-state index >= 15 is 0 Å². The van der Waals surface area contributed by atoms with E-state index in [2.05, 4.69) is 41.3 Å². The standard InChI is InChI=1S/C41H49Cl2N3O6/c1-24-28(22-51-40-33(42)19-27(38(45-40)49-3)18-17-26-9-7-15-36(26)47)10-5-12-31(24)32-13-6-11-29(25(32)2)23-52-41-34(43)20-30(39(46-41)50-4)21-44-35-14-8-16-37(35)48/h5-6,10-13,19-20,26,35-37,44,47-48H,7-9,14-18,21-23H2,1-4H3/t26-,35+,36-,37-/m0/s1. The van der Waals surface area contributed by atoms with E-state index in [1.54, 1.807) is 14.2 Å². The molecule has 9 nitrogen and oxygen atoms in total. The summed E-state index contributed by atoms with van der Waals surface area (Å²) in [4.78, 5) is 9.19. The van der Waals surface area contributed by atoms with Crippen LogP contribution in [0.2, 0.25) is 10.0 Å². The van der Waals surface area contributed by atoms with Crippen LogP contribution in [0.4, 0.5) is 0 Å².